The third kappa shape index (κ3) is 3.40. The van der Waals surface area contributed by atoms with Crippen LogP contribution in [0.2, 0.25) is 0 Å². The van der Waals surface area contributed by atoms with Gasteiger partial charge in [0.25, 0.3) is 0 Å². The van der Waals surface area contributed by atoms with Gasteiger partial charge in [0.05, 0.1) is 0 Å². The summed E-state index contributed by atoms with van der Waals surface area (Å²) in [5.74, 6) is -0.653. The summed E-state index contributed by atoms with van der Waals surface area (Å²) >= 11 is 0. The normalized spacial score (nSPS) is 12.0. The maximum atomic E-state index is 13.6. The second-order valence-electron chi connectivity index (χ2n) is 5.27. The second kappa shape index (κ2) is 5.95. The van der Waals surface area contributed by atoms with Crippen molar-refractivity contribution in [2.24, 2.45) is 5.73 Å². The van der Waals surface area contributed by atoms with Crippen LogP contribution in [0.15, 0.2) is 36.4 Å². The van der Waals surface area contributed by atoms with E-state index in [0.29, 0.717) is 11.1 Å². The highest BCUT2D eigenvalue weighted by Gasteiger charge is 2.10. The number of halogens is 1. The molecule has 0 aliphatic rings. The van der Waals surface area contributed by atoms with Gasteiger partial charge in [-0.05, 0) is 61.7 Å². The number of carbonyl (C=O) groups is 1. The molecule has 110 valence electrons. The number of hydrogen-bond acceptors (Lipinski definition) is 2. The Balaban J connectivity index is 2.21. The van der Waals surface area contributed by atoms with Gasteiger partial charge in [0, 0.05) is 17.3 Å². The van der Waals surface area contributed by atoms with Crippen molar-refractivity contribution in [3.8, 4) is 0 Å². The molecule has 3 N–H and O–H groups in total. The van der Waals surface area contributed by atoms with Crippen LogP contribution in [0.5, 0.6) is 0 Å². The van der Waals surface area contributed by atoms with Gasteiger partial charge in [-0.2, -0.15) is 0 Å². The monoisotopic (exact) mass is 286 g/mol. The summed E-state index contributed by atoms with van der Waals surface area (Å²) in [6.07, 6.45) is 0. The summed E-state index contributed by atoms with van der Waals surface area (Å²) in [6, 6.07) is 10.4. The van der Waals surface area contributed by atoms with Crippen molar-refractivity contribution in [2.75, 3.05) is 5.32 Å². The van der Waals surface area contributed by atoms with Gasteiger partial charge in [-0.1, -0.05) is 12.1 Å². The van der Waals surface area contributed by atoms with Gasteiger partial charge in [-0.3, -0.25) is 4.79 Å². The Kier molecular flexibility index (Phi) is 4.26. The summed E-state index contributed by atoms with van der Waals surface area (Å²) in [5, 5.41) is 3.32. The van der Waals surface area contributed by atoms with Crippen molar-refractivity contribution in [1.82, 2.24) is 0 Å². The molecule has 4 heteroatoms. The topological polar surface area (TPSA) is 55.1 Å². The fourth-order valence-corrected chi connectivity index (χ4v) is 2.17. The van der Waals surface area contributed by atoms with E-state index in [4.69, 9.17) is 5.73 Å². The third-order valence-corrected chi connectivity index (χ3v) is 3.58. The van der Waals surface area contributed by atoms with E-state index in [1.807, 2.05) is 26.0 Å². The highest BCUT2D eigenvalue weighted by molar-refractivity contribution is 5.93. The molecule has 2 rings (SSSR count). The molecule has 0 fully saturated rings. The summed E-state index contributed by atoms with van der Waals surface area (Å²) in [6.45, 7) is 5.60. The van der Waals surface area contributed by atoms with Crippen LogP contribution < -0.4 is 11.1 Å². The molecule has 0 heterocycles. The van der Waals surface area contributed by atoms with Crippen molar-refractivity contribution in [3.05, 3.63) is 64.5 Å². The minimum Gasteiger partial charge on any atom is -0.378 e. The van der Waals surface area contributed by atoms with Crippen LogP contribution in [0.1, 0.15) is 40.0 Å². The minimum absolute atomic E-state index is 0.0433. The standard InChI is InChI=1S/C17H19FN2O/c1-10-4-5-13(9-15(10)18)12(3)20-16-7-6-14(17(19)21)8-11(16)2/h4-9,12,20H,1-3H3,(H2,19,21). The number of amides is 1. The average Bonchev–Trinajstić information content (AvgIpc) is 2.43. The molecule has 1 unspecified atom stereocenters. The Morgan fingerprint density at radius 2 is 1.86 bits per heavy atom. The Morgan fingerprint density at radius 1 is 1.14 bits per heavy atom. The van der Waals surface area contributed by atoms with Gasteiger partial charge in [-0.15, -0.1) is 0 Å². The molecular weight excluding hydrogens is 267 g/mol. The zero-order valence-corrected chi connectivity index (χ0v) is 12.4. The van der Waals surface area contributed by atoms with Gasteiger partial charge >= 0.3 is 0 Å². The Morgan fingerprint density at radius 3 is 2.43 bits per heavy atom. The molecule has 1 amide bonds. The molecule has 3 nitrogen and oxygen atoms in total. The lowest BCUT2D eigenvalue weighted by Gasteiger charge is -2.18. The first kappa shape index (κ1) is 15.0. The zero-order valence-electron chi connectivity index (χ0n) is 12.4. The molecule has 21 heavy (non-hydrogen) atoms. The molecule has 0 saturated carbocycles. The molecule has 0 radical (unpaired) electrons. The van der Waals surface area contributed by atoms with Crippen molar-refractivity contribution in [3.63, 3.8) is 0 Å². The minimum atomic E-state index is -0.446. The van der Waals surface area contributed by atoms with E-state index in [9.17, 15) is 9.18 Å². The summed E-state index contributed by atoms with van der Waals surface area (Å²) in [5.41, 5.74) is 9.06. The summed E-state index contributed by atoms with van der Waals surface area (Å²) in [7, 11) is 0. The predicted octanol–water partition coefficient (Wildman–Crippen LogP) is 3.71. The summed E-state index contributed by atoms with van der Waals surface area (Å²) in [4.78, 5) is 11.1. The Labute approximate surface area is 124 Å². The van der Waals surface area contributed by atoms with Gasteiger partial charge in [0.1, 0.15) is 5.82 Å². The van der Waals surface area contributed by atoms with Crippen LogP contribution in [0, 0.1) is 19.7 Å². The number of rotatable bonds is 4. The van der Waals surface area contributed by atoms with Crippen molar-refractivity contribution in [1.29, 1.82) is 0 Å². The highest BCUT2D eigenvalue weighted by atomic mass is 19.1. The first-order valence-electron chi connectivity index (χ1n) is 6.81. The first-order valence-corrected chi connectivity index (χ1v) is 6.81. The number of carbonyl (C=O) groups excluding carboxylic acids is 1. The molecule has 0 aromatic heterocycles. The van der Waals surface area contributed by atoms with E-state index < -0.39 is 5.91 Å². The maximum absolute atomic E-state index is 13.6. The third-order valence-electron chi connectivity index (χ3n) is 3.58. The Hall–Kier alpha value is -2.36. The molecule has 0 aliphatic carbocycles. The van der Waals surface area contributed by atoms with Crippen molar-refractivity contribution >= 4 is 11.6 Å². The predicted molar refractivity (Wildman–Crippen MR) is 82.9 cm³/mol. The highest BCUT2D eigenvalue weighted by Crippen LogP contribution is 2.24. The number of benzene rings is 2. The molecule has 0 saturated heterocycles. The van der Waals surface area contributed by atoms with Crippen LogP contribution in [0.3, 0.4) is 0 Å². The van der Waals surface area contributed by atoms with E-state index in [-0.39, 0.29) is 11.9 Å². The van der Waals surface area contributed by atoms with E-state index in [2.05, 4.69) is 5.32 Å². The molecular formula is C17H19FN2O. The van der Waals surface area contributed by atoms with Gasteiger partial charge in [0.15, 0.2) is 0 Å². The van der Waals surface area contributed by atoms with Gasteiger partial charge in [-0.25, -0.2) is 4.39 Å². The smallest absolute Gasteiger partial charge is 0.248 e. The molecule has 0 bridgehead atoms. The number of primary amides is 1. The van der Waals surface area contributed by atoms with Crippen molar-refractivity contribution in [2.45, 2.75) is 26.8 Å². The fraction of sp³-hybridized carbons (Fsp3) is 0.235. The van der Waals surface area contributed by atoms with Gasteiger partial charge in [0.2, 0.25) is 5.91 Å². The van der Waals surface area contributed by atoms with E-state index in [0.717, 1.165) is 16.8 Å². The van der Waals surface area contributed by atoms with Crippen molar-refractivity contribution < 1.29 is 9.18 Å². The Bertz CT molecular complexity index is 682. The van der Waals surface area contributed by atoms with Crippen LogP contribution in [0.25, 0.3) is 0 Å². The van der Waals surface area contributed by atoms with Crippen LogP contribution in [0.4, 0.5) is 10.1 Å². The van der Waals surface area contributed by atoms with Crippen LogP contribution >= 0.6 is 0 Å². The molecule has 2 aromatic rings. The van der Waals surface area contributed by atoms with E-state index in [1.165, 1.54) is 0 Å². The zero-order chi connectivity index (χ0) is 15.6. The molecule has 0 spiro atoms. The number of anilines is 1. The number of hydrogen-bond donors (Lipinski definition) is 2. The largest absolute Gasteiger partial charge is 0.378 e. The lowest BCUT2D eigenvalue weighted by molar-refractivity contribution is 0.1000. The van der Waals surface area contributed by atoms with E-state index in [1.54, 1.807) is 31.2 Å². The SMILES string of the molecule is Cc1ccc(C(C)Nc2ccc(C(N)=O)cc2C)cc1F. The fourth-order valence-electron chi connectivity index (χ4n) is 2.17. The number of aryl methyl sites for hydroxylation is 2. The summed E-state index contributed by atoms with van der Waals surface area (Å²) < 4.78 is 13.6. The van der Waals surface area contributed by atoms with Gasteiger partial charge < -0.3 is 11.1 Å². The molecule has 2 aromatic carbocycles. The average molecular weight is 286 g/mol. The number of nitrogens with two attached hydrogens (primary N) is 1. The molecule has 0 aliphatic heterocycles. The lowest BCUT2D eigenvalue weighted by Crippen LogP contribution is -2.12. The maximum Gasteiger partial charge on any atom is 0.248 e. The first-order chi connectivity index (χ1) is 9.88. The van der Waals surface area contributed by atoms with Crippen LogP contribution in [-0.2, 0) is 0 Å². The quantitative estimate of drug-likeness (QED) is 0.900. The van der Waals surface area contributed by atoms with E-state index >= 15 is 0 Å². The second-order valence-corrected chi connectivity index (χ2v) is 5.27. The molecule has 1 atom stereocenters. The lowest BCUT2D eigenvalue weighted by atomic mass is 10.0. The number of nitrogens with one attached hydrogen (secondary N) is 1. The van der Waals surface area contributed by atoms with Crippen LogP contribution in [-0.4, -0.2) is 5.91 Å².